The highest BCUT2D eigenvalue weighted by Crippen LogP contribution is 2.35. The molecule has 3 heteroatoms. The molecule has 0 radical (unpaired) electrons. The molecule has 0 atom stereocenters. The van der Waals surface area contributed by atoms with Gasteiger partial charge in [-0.2, -0.15) is 5.10 Å². The van der Waals surface area contributed by atoms with Crippen LogP contribution in [0, 0.1) is 0 Å². The zero-order valence-corrected chi connectivity index (χ0v) is 12.3. The van der Waals surface area contributed by atoms with Crippen molar-refractivity contribution in [1.82, 2.24) is 9.78 Å². The minimum atomic E-state index is -0.122. The van der Waals surface area contributed by atoms with Crippen LogP contribution in [0.15, 0.2) is 0 Å². The summed E-state index contributed by atoms with van der Waals surface area (Å²) < 4.78 is 1.98. The van der Waals surface area contributed by atoms with Crippen LogP contribution in [0.5, 0.6) is 5.75 Å². The Bertz CT molecular complexity index is 392. The Morgan fingerprint density at radius 2 is 1.65 bits per heavy atom. The van der Waals surface area contributed by atoms with Crippen molar-refractivity contribution in [3.63, 3.8) is 0 Å². The lowest BCUT2D eigenvalue weighted by atomic mass is 9.91. The second-order valence-electron chi connectivity index (χ2n) is 6.73. The molecule has 3 nitrogen and oxygen atoms in total. The fraction of sp³-hybridized carbons (Fsp3) is 0.786. The molecule has 0 aliphatic heterocycles. The average molecular weight is 238 g/mol. The Morgan fingerprint density at radius 1 is 1.12 bits per heavy atom. The topological polar surface area (TPSA) is 38.1 Å². The Kier molecular flexibility index (Phi) is 3.60. The van der Waals surface area contributed by atoms with Crippen LogP contribution in [0.25, 0.3) is 0 Å². The lowest BCUT2D eigenvalue weighted by molar-refractivity contribution is 0.335. The summed E-state index contributed by atoms with van der Waals surface area (Å²) in [6.45, 7) is 14.7. The molecule has 0 amide bonds. The molecule has 1 N–H and O–H groups in total. The van der Waals surface area contributed by atoms with E-state index >= 15 is 0 Å². The number of hydrogen-bond acceptors (Lipinski definition) is 2. The summed E-state index contributed by atoms with van der Waals surface area (Å²) >= 11 is 0. The van der Waals surface area contributed by atoms with Crippen molar-refractivity contribution >= 4 is 0 Å². The van der Waals surface area contributed by atoms with Gasteiger partial charge in [0.05, 0.1) is 11.2 Å². The molecule has 17 heavy (non-hydrogen) atoms. The minimum Gasteiger partial charge on any atom is -0.504 e. The van der Waals surface area contributed by atoms with E-state index in [0.29, 0.717) is 5.75 Å². The van der Waals surface area contributed by atoms with Gasteiger partial charge in [-0.25, -0.2) is 0 Å². The van der Waals surface area contributed by atoms with Gasteiger partial charge in [-0.1, -0.05) is 34.1 Å². The molecule has 0 fully saturated rings. The smallest absolute Gasteiger partial charge is 0.160 e. The van der Waals surface area contributed by atoms with Gasteiger partial charge in [0.1, 0.15) is 5.69 Å². The maximum Gasteiger partial charge on any atom is 0.160 e. The van der Waals surface area contributed by atoms with E-state index in [4.69, 9.17) is 0 Å². The number of nitrogens with zero attached hydrogens (tertiary/aromatic N) is 2. The zero-order valence-electron chi connectivity index (χ0n) is 12.3. The fourth-order valence-corrected chi connectivity index (χ4v) is 1.97. The average Bonchev–Trinajstić information content (AvgIpc) is 2.43. The molecule has 0 aliphatic rings. The van der Waals surface area contributed by atoms with Gasteiger partial charge in [0.2, 0.25) is 0 Å². The summed E-state index contributed by atoms with van der Waals surface area (Å²) in [6, 6.07) is 0. The summed E-state index contributed by atoms with van der Waals surface area (Å²) in [7, 11) is 0. The molecule has 1 aromatic rings. The molecular weight excluding hydrogens is 212 g/mol. The van der Waals surface area contributed by atoms with Crippen LogP contribution in [-0.4, -0.2) is 14.9 Å². The van der Waals surface area contributed by atoms with Crippen molar-refractivity contribution in [2.75, 3.05) is 0 Å². The largest absolute Gasteiger partial charge is 0.504 e. The minimum absolute atomic E-state index is 0.0918. The van der Waals surface area contributed by atoms with Gasteiger partial charge in [-0.15, -0.1) is 0 Å². The van der Waals surface area contributed by atoms with Crippen LogP contribution >= 0.6 is 0 Å². The number of hydrogen-bond donors (Lipinski definition) is 1. The van der Waals surface area contributed by atoms with Crippen molar-refractivity contribution in [2.45, 2.75) is 72.3 Å². The third-order valence-corrected chi connectivity index (χ3v) is 2.79. The number of aromatic nitrogens is 2. The van der Waals surface area contributed by atoms with Crippen molar-refractivity contribution in [3.8, 4) is 5.75 Å². The van der Waals surface area contributed by atoms with E-state index in [9.17, 15) is 5.11 Å². The van der Waals surface area contributed by atoms with Crippen molar-refractivity contribution in [1.29, 1.82) is 0 Å². The molecule has 0 saturated heterocycles. The maximum atomic E-state index is 10.4. The van der Waals surface area contributed by atoms with Crippen molar-refractivity contribution in [3.05, 3.63) is 11.4 Å². The van der Waals surface area contributed by atoms with Gasteiger partial charge in [-0.3, -0.25) is 4.68 Å². The molecule has 1 aromatic heterocycles. The third-order valence-electron chi connectivity index (χ3n) is 2.79. The predicted molar refractivity (Wildman–Crippen MR) is 71.6 cm³/mol. The monoisotopic (exact) mass is 238 g/mol. The first-order chi connectivity index (χ1) is 7.59. The van der Waals surface area contributed by atoms with E-state index in [-0.39, 0.29) is 11.0 Å². The molecule has 0 aromatic carbocycles. The molecule has 0 unspecified atom stereocenters. The summed E-state index contributed by atoms with van der Waals surface area (Å²) in [4.78, 5) is 0. The first kappa shape index (κ1) is 14.1. The lowest BCUT2D eigenvalue weighted by Crippen LogP contribution is -2.26. The highest BCUT2D eigenvalue weighted by Gasteiger charge is 2.29. The predicted octanol–water partition coefficient (Wildman–Crippen LogP) is 3.59. The van der Waals surface area contributed by atoms with Gasteiger partial charge in [0.25, 0.3) is 0 Å². The summed E-state index contributed by atoms with van der Waals surface area (Å²) in [5.74, 6) is 0.384. The van der Waals surface area contributed by atoms with Crippen LogP contribution in [0.2, 0.25) is 0 Å². The van der Waals surface area contributed by atoms with E-state index in [2.05, 4.69) is 53.6 Å². The molecule has 0 bridgehead atoms. The second-order valence-corrected chi connectivity index (χ2v) is 6.73. The third kappa shape index (κ3) is 2.82. The maximum absolute atomic E-state index is 10.4. The Balaban J connectivity index is 3.41. The fourth-order valence-electron chi connectivity index (χ4n) is 1.97. The molecule has 0 spiro atoms. The van der Waals surface area contributed by atoms with Gasteiger partial charge in [-0.05, 0) is 27.2 Å². The molecule has 1 rings (SSSR count). The van der Waals surface area contributed by atoms with Crippen LogP contribution in [0.4, 0.5) is 0 Å². The van der Waals surface area contributed by atoms with Gasteiger partial charge in [0.15, 0.2) is 5.75 Å². The molecular formula is C14H26N2O. The van der Waals surface area contributed by atoms with E-state index < -0.39 is 0 Å². The van der Waals surface area contributed by atoms with Gasteiger partial charge in [0, 0.05) is 5.41 Å². The van der Waals surface area contributed by atoms with E-state index in [1.807, 2.05) is 4.68 Å². The van der Waals surface area contributed by atoms with Crippen molar-refractivity contribution < 1.29 is 5.11 Å². The van der Waals surface area contributed by atoms with Crippen LogP contribution in [0.3, 0.4) is 0 Å². The lowest BCUT2D eigenvalue weighted by Gasteiger charge is -2.22. The quantitative estimate of drug-likeness (QED) is 0.855. The van der Waals surface area contributed by atoms with Gasteiger partial charge < -0.3 is 5.11 Å². The second kappa shape index (κ2) is 4.35. The zero-order chi connectivity index (χ0) is 13.4. The van der Waals surface area contributed by atoms with E-state index in [0.717, 1.165) is 24.2 Å². The van der Waals surface area contributed by atoms with Crippen LogP contribution in [-0.2, 0) is 17.4 Å². The van der Waals surface area contributed by atoms with Gasteiger partial charge >= 0.3 is 0 Å². The summed E-state index contributed by atoms with van der Waals surface area (Å²) in [5.41, 5.74) is 1.55. The summed E-state index contributed by atoms with van der Waals surface area (Å²) in [6.07, 6.45) is 1.88. The highest BCUT2D eigenvalue weighted by atomic mass is 16.3. The SMILES string of the molecule is CCCc1c(O)c(C(C)(C)C)nn1C(C)(C)C. The Labute approximate surface area is 105 Å². The summed E-state index contributed by atoms with van der Waals surface area (Å²) in [5, 5.41) is 15.0. The normalized spacial score (nSPS) is 13.1. The van der Waals surface area contributed by atoms with E-state index in [1.165, 1.54) is 0 Å². The van der Waals surface area contributed by atoms with Crippen molar-refractivity contribution in [2.24, 2.45) is 0 Å². The Morgan fingerprint density at radius 3 is 2.00 bits per heavy atom. The Hall–Kier alpha value is -0.990. The molecule has 1 heterocycles. The van der Waals surface area contributed by atoms with E-state index in [1.54, 1.807) is 0 Å². The highest BCUT2D eigenvalue weighted by molar-refractivity contribution is 5.37. The van der Waals surface area contributed by atoms with Crippen LogP contribution < -0.4 is 0 Å². The number of aromatic hydroxyl groups is 1. The standard InChI is InChI=1S/C14H26N2O/c1-8-9-10-11(17)12(13(2,3)4)15-16(10)14(5,6)7/h17H,8-9H2,1-7H3. The molecule has 0 saturated carbocycles. The molecule has 0 aliphatic carbocycles. The first-order valence-corrected chi connectivity index (χ1v) is 6.41. The van der Waals surface area contributed by atoms with Crippen LogP contribution in [0.1, 0.15) is 66.3 Å². The first-order valence-electron chi connectivity index (χ1n) is 6.41. The molecule has 98 valence electrons. The number of rotatable bonds is 2.